The number of aliphatic hydroxyl groups excluding tert-OH is 1. The standard InChI is InChI=1S/C83H146N24O28/c1-9-44(7)66(80(132)100-48(19-12-15-35-85)72(124)103-57(39-43(5)6)78(130)102-55(82(134)135)20-13-16-36-86)106-61(111)40-93-69(121)50(25-31-63(114)115)101-81(133)67(45(8)10-2)107-76(128)54(27-33-65(118)119)98-73(125)51(23-28-59(88)109)97-71(123)49(21-17-37-92-83(90)91)95-70(122)47(18-11-14-34-84)96-77(129)56(38-42(3)4)104-74(126)52(24-29-60(89)110)99-79(131)58(41-108)105-75(127)53(26-32-64(116)117)94-68(120)46(87)22-30-62(112)113/h42-58,66-67,108H,9-41,84-87H2,1-8H3,(H2,88,109)(H2,89,110)(H,93,121)(H,94,120)(H,95,122)(H,96,129)(H,97,123)(H,98,125)(H,99,131)(H,100,132)(H,101,133)(H,102,130)(H,103,124)(H,104,126)(H,105,127)(H,106,111)(H,107,128)(H,112,113)(H,114,115)(H,116,117)(H,118,119)(H,134,135)(H4,90,91,92)/t44-,45-,46-,47-,48-,49-,50-,51-,52-,53-,54-,55-,56-,57-,58-,66-,67-/m0/s1. The van der Waals surface area contributed by atoms with E-state index in [1.807, 2.05) is 0 Å². The molecule has 0 bridgehead atoms. The molecule has 0 rings (SSSR count). The van der Waals surface area contributed by atoms with Gasteiger partial charge >= 0.3 is 29.8 Å². The lowest BCUT2D eigenvalue weighted by molar-refractivity contribution is -0.143. The van der Waals surface area contributed by atoms with E-state index in [1.165, 1.54) is 6.92 Å². The summed E-state index contributed by atoms with van der Waals surface area (Å²) in [5, 5.41) is 94.6. The summed E-state index contributed by atoms with van der Waals surface area (Å²) >= 11 is 0. The minimum Gasteiger partial charge on any atom is -0.481 e. The summed E-state index contributed by atoms with van der Waals surface area (Å²) < 4.78 is 0. The van der Waals surface area contributed by atoms with E-state index < -0.39 is 335 Å². The van der Waals surface area contributed by atoms with E-state index in [2.05, 4.69) is 84.7 Å². The van der Waals surface area contributed by atoms with Crippen molar-refractivity contribution < 1.29 is 136 Å². The van der Waals surface area contributed by atoms with Crippen molar-refractivity contribution in [1.82, 2.24) is 79.8 Å². The maximum absolute atomic E-state index is 14.8. The van der Waals surface area contributed by atoms with Crippen LogP contribution in [-0.2, 0) is 105 Å². The van der Waals surface area contributed by atoms with Crippen molar-refractivity contribution in [2.24, 2.45) is 74.5 Å². The maximum Gasteiger partial charge on any atom is 0.326 e. The second kappa shape index (κ2) is 66.7. The SMILES string of the molecule is CC[C@H](C)[C@H](NC(=O)CNC(=O)[C@H](CCC(=O)O)NC(=O)[C@@H](NC(=O)[C@H](CCC(=O)O)NC(=O)[C@H](CCC(N)=O)NC(=O)[C@H](CCCN=C(N)N)NC(=O)[C@H](CCCCN)NC(=O)[C@H](CC(C)C)NC(=O)[C@H](CCC(N)=O)NC(=O)[C@H](CO)NC(=O)[C@H](CCC(=O)O)NC(=O)[C@@H](N)CCC(=O)O)[C@@H](C)CC)C(=O)N[C@@H](CCCCN)C(=O)N[C@@H](CC(C)C)C(=O)N[C@@H](CCCCN)C(=O)O. The Morgan fingerprint density at radius 3 is 0.881 bits per heavy atom. The van der Waals surface area contributed by atoms with Gasteiger partial charge in [-0.25, -0.2) is 4.79 Å². The number of unbranched alkanes of at least 4 members (excludes halogenated alkanes) is 3. The molecule has 135 heavy (non-hydrogen) atoms. The van der Waals surface area contributed by atoms with Crippen LogP contribution in [-0.4, -0.2) is 297 Å². The molecule has 0 aliphatic carbocycles. The van der Waals surface area contributed by atoms with Gasteiger partial charge in [-0.1, -0.05) is 68.2 Å². The van der Waals surface area contributed by atoms with Gasteiger partial charge in [-0.3, -0.25) is 106 Å². The molecule has 0 aromatic heterocycles. The van der Waals surface area contributed by atoms with Crippen LogP contribution in [0.1, 0.15) is 229 Å². The molecule has 17 atom stereocenters. The van der Waals surface area contributed by atoms with Gasteiger partial charge in [0, 0.05) is 45.1 Å². The van der Waals surface area contributed by atoms with E-state index in [-0.39, 0.29) is 103 Å². The summed E-state index contributed by atoms with van der Waals surface area (Å²) in [6.45, 7) is 11.3. The maximum atomic E-state index is 14.8. The second-order valence-electron chi connectivity index (χ2n) is 33.7. The number of carboxylic acid groups (broad SMARTS) is 5. The zero-order chi connectivity index (χ0) is 103. The molecular weight excluding hydrogens is 1780 g/mol. The number of carboxylic acids is 5. The van der Waals surface area contributed by atoms with Gasteiger partial charge in [0.05, 0.1) is 19.2 Å². The van der Waals surface area contributed by atoms with E-state index in [0.29, 0.717) is 25.7 Å². The summed E-state index contributed by atoms with van der Waals surface area (Å²) in [6, 6.07) is -24.7. The lowest BCUT2D eigenvalue weighted by Gasteiger charge is -2.29. The number of primary amides is 2. The second-order valence-corrected chi connectivity index (χ2v) is 33.7. The van der Waals surface area contributed by atoms with Gasteiger partial charge in [-0.15, -0.1) is 0 Å². The first-order chi connectivity index (χ1) is 63.4. The quantitative estimate of drug-likeness (QED) is 0.0153. The predicted octanol–water partition coefficient (Wildman–Crippen LogP) is -8.09. The summed E-state index contributed by atoms with van der Waals surface area (Å²) in [4.78, 5) is 300. The topological polar surface area (TPSA) is 898 Å². The lowest BCUT2D eigenvalue weighted by atomic mass is 9.96. The first kappa shape index (κ1) is 122. The number of carbonyl (C=O) groups is 22. The van der Waals surface area contributed by atoms with Gasteiger partial charge in [-0.05, 0) is 165 Å². The van der Waals surface area contributed by atoms with Gasteiger partial charge in [0.2, 0.25) is 100 Å². The number of hydrogen-bond donors (Lipinski definition) is 29. The zero-order valence-electron chi connectivity index (χ0n) is 78.0. The number of nitrogens with one attached hydrogen (secondary N) is 15. The van der Waals surface area contributed by atoms with Crippen LogP contribution in [0.3, 0.4) is 0 Å². The summed E-state index contributed by atoms with van der Waals surface area (Å²) in [5.74, 6) is -28.2. The van der Waals surface area contributed by atoms with Crippen LogP contribution in [0.4, 0.5) is 0 Å². The number of nitrogens with zero attached hydrogens (tertiary/aromatic N) is 1. The number of aliphatic imine (C=N–C) groups is 1. The van der Waals surface area contributed by atoms with Gasteiger partial charge in [0.15, 0.2) is 5.96 Å². The van der Waals surface area contributed by atoms with Crippen LogP contribution in [0.25, 0.3) is 0 Å². The normalized spacial score (nSPS) is 14.9. The van der Waals surface area contributed by atoms with E-state index in [9.17, 15) is 131 Å². The first-order valence-corrected chi connectivity index (χ1v) is 45.1. The molecule has 0 spiro atoms. The third kappa shape index (κ3) is 52.0. The highest BCUT2D eigenvalue weighted by atomic mass is 16.4. The van der Waals surface area contributed by atoms with E-state index >= 15 is 0 Å². The Labute approximate surface area is 782 Å². The molecule has 0 saturated carbocycles. The highest BCUT2D eigenvalue weighted by Gasteiger charge is 2.40. The Balaban J connectivity index is 7.47. The fourth-order valence-electron chi connectivity index (χ4n) is 13.2. The zero-order valence-corrected chi connectivity index (χ0v) is 78.0. The van der Waals surface area contributed by atoms with Gasteiger partial charge in [0.1, 0.15) is 84.6 Å². The van der Waals surface area contributed by atoms with Crippen molar-refractivity contribution in [3.05, 3.63) is 0 Å². The number of hydrogen-bond acceptors (Lipinski definition) is 28. The molecule has 0 unspecified atom stereocenters. The van der Waals surface area contributed by atoms with Gasteiger partial charge < -0.3 is 156 Å². The number of amides is 17. The molecule has 0 aromatic rings. The molecule has 37 N–H and O–H groups in total. The van der Waals surface area contributed by atoms with Crippen LogP contribution in [0.5, 0.6) is 0 Å². The number of carbonyl (C=O) groups excluding carboxylic acids is 17. The molecule has 52 heteroatoms. The van der Waals surface area contributed by atoms with Crippen LogP contribution in [0.2, 0.25) is 0 Å². The number of aliphatic hydroxyl groups is 1. The molecule has 766 valence electrons. The Kier molecular flexibility index (Phi) is 60.5. The Bertz CT molecular complexity index is 3970. The molecular formula is C83H146N24O28. The lowest BCUT2D eigenvalue weighted by Crippen LogP contribution is -2.61. The van der Waals surface area contributed by atoms with Crippen molar-refractivity contribution >= 4 is 136 Å². The van der Waals surface area contributed by atoms with Crippen molar-refractivity contribution in [2.75, 3.05) is 39.3 Å². The summed E-state index contributed by atoms with van der Waals surface area (Å²) in [6.07, 6.45) is -6.45. The molecule has 52 nitrogen and oxygen atoms in total. The molecule has 0 heterocycles. The van der Waals surface area contributed by atoms with Crippen molar-refractivity contribution in [3.63, 3.8) is 0 Å². The Hall–Kier alpha value is -12.6. The highest BCUT2D eigenvalue weighted by molar-refractivity contribution is 6.01. The number of aliphatic carboxylic acids is 5. The highest BCUT2D eigenvalue weighted by Crippen LogP contribution is 2.18. The van der Waals surface area contributed by atoms with Crippen LogP contribution >= 0.6 is 0 Å². The molecule has 0 aromatic carbocycles. The van der Waals surface area contributed by atoms with Gasteiger partial charge in [-0.2, -0.15) is 0 Å². The number of guanidine groups is 1. The molecule has 0 aliphatic rings. The summed E-state index contributed by atoms with van der Waals surface area (Å²) in [7, 11) is 0. The summed E-state index contributed by atoms with van der Waals surface area (Å²) in [5.41, 5.74) is 45.0. The molecule has 0 saturated heterocycles. The number of nitrogens with two attached hydrogens (primary N) is 8. The Morgan fingerprint density at radius 2 is 0.563 bits per heavy atom. The van der Waals surface area contributed by atoms with Crippen molar-refractivity contribution in [3.8, 4) is 0 Å². The molecule has 0 fully saturated rings. The van der Waals surface area contributed by atoms with E-state index in [1.54, 1.807) is 48.5 Å². The minimum atomic E-state index is -1.98. The fourth-order valence-corrected chi connectivity index (χ4v) is 13.2. The van der Waals surface area contributed by atoms with E-state index in [4.69, 9.17) is 51.0 Å². The van der Waals surface area contributed by atoms with Crippen molar-refractivity contribution in [1.29, 1.82) is 0 Å². The average molecular weight is 1930 g/mol. The Morgan fingerprint density at radius 1 is 0.296 bits per heavy atom. The molecule has 0 aliphatic heterocycles. The monoisotopic (exact) mass is 1930 g/mol. The van der Waals surface area contributed by atoms with Crippen LogP contribution in [0, 0.1) is 23.7 Å². The van der Waals surface area contributed by atoms with Gasteiger partial charge in [0.25, 0.3) is 0 Å². The first-order valence-electron chi connectivity index (χ1n) is 45.1. The largest absolute Gasteiger partial charge is 0.481 e. The van der Waals surface area contributed by atoms with Crippen LogP contribution in [0.15, 0.2) is 4.99 Å². The number of rotatable bonds is 74. The molecule has 0 radical (unpaired) electrons. The van der Waals surface area contributed by atoms with Crippen LogP contribution < -0.4 is 126 Å². The third-order valence-corrected chi connectivity index (χ3v) is 21.3. The minimum absolute atomic E-state index is 0.00912. The van der Waals surface area contributed by atoms with Crippen molar-refractivity contribution in [2.45, 2.75) is 319 Å². The molecule has 17 amide bonds. The fraction of sp³-hybridized carbons (Fsp3) is 0.723. The smallest absolute Gasteiger partial charge is 0.326 e. The predicted molar refractivity (Wildman–Crippen MR) is 484 cm³/mol. The third-order valence-electron chi connectivity index (χ3n) is 21.3. The van der Waals surface area contributed by atoms with E-state index in [0.717, 1.165) is 0 Å². The average Bonchev–Trinajstić information content (AvgIpc) is 0.841.